The zero-order valence-electron chi connectivity index (χ0n) is 6.57. The van der Waals surface area contributed by atoms with Crippen molar-refractivity contribution < 1.29 is 8.83 Å². The smallest absolute Gasteiger partial charge is 0.255 e. The SMILES string of the molecule is Brc1cc(CSc2ncco2)co1. The molecule has 0 aliphatic rings. The number of rotatable bonds is 3. The lowest BCUT2D eigenvalue weighted by Gasteiger charge is -1.90. The van der Waals surface area contributed by atoms with Crippen molar-refractivity contribution in [3.8, 4) is 0 Å². The molecule has 0 aromatic carbocycles. The summed E-state index contributed by atoms with van der Waals surface area (Å²) in [5.41, 5.74) is 1.11. The molecule has 0 amide bonds. The Morgan fingerprint density at radius 3 is 3.00 bits per heavy atom. The molecule has 2 heterocycles. The van der Waals surface area contributed by atoms with Gasteiger partial charge in [-0.2, -0.15) is 0 Å². The van der Waals surface area contributed by atoms with Crippen LogP contribution in [0.15, 0.2) is 43.5 Å². The monoisotopic (exact) mass is 259 g/mol. The highest BCUT2D eigenvalue weighted by Crippen LogP contribution is 2.23. The first-order valence-electron chi connectivity index (χ1n) is 3.60. The second kappa shape index (κ2) is 4.02. The normalized spacial score (nSPS) is 10.5. The van der Waals surface area contributed by atoms with E-state index >= 15 is 0 Å². The van der Waals surface area contributed by atoms with Gasteiger partial charge in [0.1, 0.15) is 6.26 Å². The molecule has 2 aromatic rings. The minimum Gasteiger partial charge on any atom is -0.457 e. The molecular weight excluding hydrogens is 254 g/mol. The summed E-state index contributed by atoms with van der Waals surface area (Å²) in [7, 11) is 0. The van der Waals surface area contributed by atoms with Crippen molar-refractivity contribution in [1.29, 1.82) is 0 Å². The van der Waals surface area contributed by atoms with Crippen LogP contribution in [0.1, 0.15) is 5.56 Å². The van der Waals surface area contributed by atoms with Gasteiger partial charge in [0, 0.05) is 11.3 Å². The number of aromatic nitrogens is 1. The van der Waals surface area contributed by atoms with Gasteiger partial charge in [0.25, 0.3) is 5.22 Å². The van der Waals surface area contributed by atoms with Crippen LogP contribution in [0.2, 0.25) is 0 Å². The van der Waals surface area contributed by atoms with E-state index in [1.807, 2.05) is 6.07 Å². The fraction of sp³-hybridized carbons (Fsp3) is 0.125. The zero-order valence-corrected chi connectivity index (χ0v) is 8.97. The lowest BCUT2D eigenvalue weighted by atomic mass is 10.4. The third-order valence-corrected chi connectivity index (χ3v) is 2.74. The molecule has 0 saturated carbocycles. The summed E-state index contributed by atoms with van der Waals surface area (Å²) in [6.45, 7) is 0. The van der Waals surface area contributed by atoms with Gasteiger partial charge in [0.2, 0.25) is 0 Å². The summed E-state index contributed by atoms with van der Waals surface area (Å²) in [5.74, 6) is 0.801. The predicted octanol–water partition coefficient (Wildman–Crippen LogP) is 3.32. The molecule has 0 N–H and O–H groups in total. The van der Waals surface area contributed by atoms with Crippen LogP contribution in [-0.4, -0.2) is 4.98 Å². The molecule has 2 rings (SSSR count). The highest BCUT2D eigenvalue weighted by molar-refractivity contribution is 9.10. The maximum Gasteiger partial charge on any atom is 0.255 e. The number of thioether (sulfide) groups is 1. The molecule has 0 spiro atoms. The van der Waals surface area contributed by atoms with Gasteiger partial charge in [-0.3, -0.25) is 0 Å². The van der Waals surface area contributed by atoms with Gasteiger partial charge in [0.15, 0.2) is 4.67 Å². The maximum absolute atomic E-state index is 5.09. The standard InChI is InChI=1S/C8H6BrNO2S/c9-7-3-6(4-12-7)5-13-8-10-1-2-11-8/h1-4H,5H2. The summed E-state index contributed by atoms with van der Waals surface area (Å²) in [4.78, 5) is 3.99. The Bertz CT molecular complexity index is 371. The molecule has 0 saturated heterocycles. The zero-order chi connectivity index (χ0) is 9.10. The third-order valence-electron chi connectivity index (χ3n) is 1.39. The second-order valence-electron chi connectivity index (χ2n) is 2.35. The lowest BCUT2D eigenvalue weighted by Crippen LogP contribution is -1.74. The van der Waals surface area contributed by atoms with Crippen molar-refractivity contribution in [1.82, 2.24) is 4.98 Å². The molecule has 0 fully saturated rings. The molecule has 5 heteroatoms. The van der Waals surface area contributed by atoms with Gasteiger partial charge in [0.05, 0.1) is 12.5 Å². The van der Waals surface area contributed by atoms with E-state index in [9.17, 15) is 0 Å². The van der Waals surface area contributed by atoms with Gasteiger partial charge >= 0.3 is 0 Å². The van der Waals surface area contributed by atoms with E-state index in [0.29, 0.717) is 5.22 Å². The molecule has 0 bridgehead atoms. The molecule has 0 aliphatic heterocycles. The molecule has 68 valence electrons. The van der Waals surface area contributed by atoms with Crippen molar-refractivity contribution >= 4 is 27.7 Å². The van der Waals surface area contributed by atoms with E-state index in [-0.39, 0.29) is 0 Å². The number of hydrogen-bond donors (Lipinski definition) is 0. The molecule has 0 atom stereocenters. The minimum atomic E-state index is 0.678. The second-order valence-corrected chi connectivity index (χ2v) is 4.05. The number of furan rings is 1. The van der Waals surface area contributed by atoms with Crippen LogP contribution in [0, 0.1) is 0 Å². The van der Waals surface area contributed by atoms with Gasteiger partial charge < -0.3 is 8.83 Å². The largest absolute Gasteiger partial charge is 0.457 e. The maximum atomic E-state index is 5.09. The first-order valence-corrected chi connectivity index (χ1v) is 5.37. The van der Waals surface area contributed by atoms with Crippen molar-refractivity contribution in [3.05, 3.63) is 35.0 Å². The highest BCUT2D eigenvalue weighted by atomic mass is 79.9. The van der Waals surface area contributed by atoms with Crippen LogP contribution >= 0.6 is 27.7 Å². The molecular formula is C8H6BrNO2S. The lowest BCUT2D eigenvalue weighted by molar-refractivity contribution is 0.454. The first kappa shape index (κ1) is 8.90. The van der Waals surface area contributed by atoms with E-state index in [1.54, 1.807) is 18.7 Å². The van der Waals surface area contributed by atoms with E-state index in [1.165, 1.54) is 11.8 Å². The van der Waals surface area contributed by atoms with Gasteiger partial charge in [-0.25, -0.2) is 4.98 Å². The average molecular weight is 260 g/mol. The van der Waals surface area contributed by atoms with Crippen molar-refractivity contribution in [2.45, 2.75) is 11.0 Å². The number of nitrogens with zero attached hydrogens (tertiary/aromatic N) is 1. The van der Waals surface area contributed by atoms with Gasteiger partial charge in [-0.15, -0.1) is 0 Å². The molecule has 13 heavy (non-hydrogen) atoms. The van der Waals surface area contributed by atoms with E-state index in [4.69, 9.17) is 8.83 Å². The Labute approximate surface area is 87.7 Å². The Kier molecular flexibility index (Phi) is 2.75. The molecule has 2 aromatic heterocycles. The Morgan fingerprint density at radius 1 is 1.46 bits per heavy atom. The summed E-state index contributed by atoms with van der Waals surface area (Å²) in [6.07, 6.45) is 4.90. The van der Waals surface area contributed by atoms with Crippen LogP contribution in [0.25, 0.3) is 0 Å². The van der Waals surface area contributed by atoms with Crippen LogP contribution in [0.5, 0.6) is 0 Å². The van der Waals surface area contributed by atoms with Crippen LogP contribution in [0.3, 0.4) is 0 Å². The number of oxazole rings is 1. The van der Waals surface area contributed by atoms with Crippen molar-refractivity contribution in [3.63, 3.8) is 0 Å². The van der Waals surface area contributed by atoms with E-state index < -0.39 is 0 Å². The van der Waals surface area contributed by atoms with Gasteiger partial charge in [-0.05, 0) is 22.0 Å². The van der Waals surface area contributed by atoms with Crippen LogP contribution in [0.4, 0.5) is 0 Å². The summed E-state index contributed by atoms with van der Waals surface area (Å²) in [6, 6.07) is 1.93. The first-order chi connectivity index (χ1) is 6.34. The fourth-order valence-corrected chi connectivity index (χ4v) is 1.94. The van der Waals surface area contributed by atoms with Gasteiger partial charge in [-0.1, -0.05) is 11.8 Å². The van der Waals surface area contributed by atoms with Crippen LogP contribution in [-0.2, 0) is 5.75 Å². The average Bonchev–Trinajstić information content (AvgIpc) is 2.71. The number of hydrogen-bond acceptors (Lipinski definition) is 4. The molecule has 0 unspecified atom stereocenters. The molecule has 0 radical (unpaired) electrons. The topological polar surface area (TPSA) is 39.2 Å². The Morgan fingerprint density at radius 2 is 2.38 bits per heavy atom. The highest BCUT2D eigenvalue weighted by Gasteiger charge is 2.02. The Balaban J connectivity index is 1.93. The predicted molar refractivity (Wildman–Crippen MR) is 52.5 cm³/mol. The van der Waals surface area contributed by atoms with Crippen molar-refractivity contribution in [2.24, 2.45) is 0 Å². The quantitative estimate of drug-likeness (QED) is 0.793. The van der Waals surface area contributed by atoms with Crippen LogP contribution < -0.4 is 0 Å². The summed E-state index contributed by atoms with van der Waals surface area (Å²) >= 11 is 4.77. The molecule has 0 aliphatic carbocycles. The summed E-state index contributed by atoms with van der Waals surface area (Å²) in [5, 5.41) is 0.678. The summed E-state index contributed by atoms with van der Waals surface area (Å²) < 4.78 is 10.9. The van der Waals surface area contributed by atoms with Crippen molar-refractivity contribution in [2.75, 3.05) is 0 Å². The van der Waals surface area contributed by atoms with E-state index in [2.05, 4.69) is 20.9 Å². The Hall–Kier alpha value is -0.680. The molecule has 3 nitrogen and oxygen atoms in total. The van der Waals surface area contributed by atoms with E-state index in [0.717, 1.165) is 16.0 Å². The minimum absolute atomic E-state index is 0.678. The fourth-order valence-electron chi connectivity index (χ4n) is 0.848. The third kappa shape index (κ3) is 2.38. The number of halogens is 1.